The van der Waals surface area contributed by atoms with Gasteiger partial charge in [0, 0.05) is 23.8 Å². The van der Waals surface area contributed by atoms with E-state index in [0.717, 1.165) is 22.1 Å². The van der Waals surface area contributed by atoms with Gasteiger partial charge in [0.1, 0.15) is 5.75 Å². The van der Waals surface area contributed by atoms with Gasteiger partial charge in [0.15, 0.2) is 0 Å². The average molecular weight is 327 g/mol. The molecule has 1 aliphatic rings. The number of hydrogen-bond donors (Lipinski definition) is 2. The Morgan fingerprint density at radius 2 is 2.00 bits per heavy atom. The molecule has 0 spiro atoms. The number of benzene rings is 2. The molecule has 1 saturated heterocycles. The first kappa shape index (κ1) is 16.3. The van der Waals surface area contributed by atoms with E-state index in [9.17, 15) is 9.59 Å². The predicted molar refractivity (Wildman–Crippen MR) is 91.2 cm³/mol. The van der Waals surface area contributed by atoms with Crippen LogP contribution in [0.5, 0.6) is 5.75 Å². The molecule has 0 bridgehead atoms. The standard InChI is InChI=1S/C19H21NO4/c1-24-16-7-6-13(14-4-2-3-5-15(14)16)12-19(11-9-18(22)23)10-8-17(21)20-19/h2-7H,8-12H2,1H3,(H,20,21)(H,22,23)/t19-/m1/s1. The van der Waals surface area contributed by atoms with Crippen molar-refractivity contribution in [3.63, 3.8) is 0 Å². The largest absolute Gasteiger partial charge is 0.496 e. The van der Waals surface area contributed by atoms with Crippen LogP contribution in [-0.2, 0) is 16.0 Å². The van der Waals surface area contributed by atoms with Crippen LogP contribution in [0.3, 0.4) is 0 Å². The highest BCUT2D eigenvalue weighted by Gasteiger charge is 2.38. The number of carboxylic acid groups (broad SMARTS) is 1. The molecule has 24 heavy (non-hydrogen) atoms. The summed E-state index contributed by atoms with van der Waals surface area (Å²) in [6.07, 6.45) is 2.23. The van der Waals surface area contributed by atoms with E-state index in [1.54, 1.807) is 7.11 Å². The summed E-state index contributed by atoms with van der Waals surface area (Å²) in [5, 5.41) is 14.2. The number of amides is 1. The lowest BCUT2D eigenvalue weighted by Gasteiger charge is -2.29. The zero-order chi connectivity index (χ0) is 17.2. The lowest BCUT2D eigenvalue weighted by molar-refractivity contribution is -0.137. The molecule has 5 nitrogen and oxygen atoms in total. The highest BCUT2D eigenvalue weighted by Crippen LogP contribution is 2.34. The van der Waals surface area contributed by atoms with E-state index in [1.165, 1.54) is 0 Å². The first-order chi connectivity index (χ1) is 11.5. The molecule has 5 heteroatoms. The summed E-state index contributed by atoms with van der Waals surface area (Å²) in [5.41, 5.74) is 0.617. The maximum absolute atomic E-state index is 11.8. The van der Waals surface area contributed by atoms with Crippen molar-refractivity contribution in [1.82, 2.24) is 5.32 Å². The van der Waals surface area contributed by atoms with Crippen LogP contribution >= 0.6 is 0 Å². The van der Waals surface area contributed by atoms with E-state index in [1.807, 2.05) is 36.4 Å². The van der Waals surface area contributed by atoms with Crippen LogP contribution in [0.25, 0.3) is 10.8 Å². The second-order valence-corrected chi connectivity index (χ2v) is 6.37. The molecule has 0 unspecified atom stereocenters. The third-order valence-electron chi connectivity index (χ3n) is 4.78. The van der Waals surface area contributed by atoms with E-state index >= 15 is 0 Å². The molecule has 126 valence electrons. The molecule has 3 rings (SSSR count). The summed E-state index contributed by atoms with van der Waals surface area (Å²) in [4.78, 5) is 22.8. The molecule has 2 N–H and O–H groups in total. The van der Waals surface area contributed by atoms with E-state index in [-0.39, 0.29) is 12.3 Å². The number of aliphatic carboxylic acids is 1. The summed E-state index contributed by atoms with van der Waals surface area (Å²) < 4.78 is 5.43. The number of ether oxygens (including phenoxy) is 1. The number of carboxylic acids is 1. The molecule has 0 aromatic heterocycles. The maximum atomic E-state index is 11.8. The van der Waals surface area contributed by atoms with Gasteiger partial charge in [-0.05, 0) is 36.3 Å². The smallest absolute Gasteiger partial charge is 0.303 e. The molecule has 2 aromatic rings. The van der Waals surface area contributed by atoms with Gasteiger partial charge in [-0.2, -0.15) is 0 Å². The number of methoxy groups -OCH3 is 1. The number of rotatable bonds is 6. The molecule has 0 saturated carbocycles. The van der Waals surface area contributed by atoms with E-state index in [4.69, 9.17) is 9.84 Å². The van der Waals surface area contributed by atoms with Crippen LogP contribution in [0, 0.1) is 0 Å². The molecule has 1 atom stereocenters. The highest BCUT2D eigenvalue weighted by atomic mass is 16.5. The zero-order valence-electron chi connectivity index (χ0n) is 13.7. The number of hydrogen-bond acceptors (Lipinski definition) is 3. The van der Waals surface area contributed by atoms with Crippen molar-refractivity contribution in [3.05, 3.63) is 42.0 Å². The molecule has 2 aromatic carbocycles. The fraction of sp³-hybridized carbons (Fsp3) is 0.368. The zero-order valence-corrected chi connectivity index (χ0v) is 13.7. The first-order valence-corrected chi connectivity index (χ1v) is 8.10. The van der Waals surface area contributed by atoms with Crippen LogP contribution in [-0.4, -0.2) is 29.6 Å². The summed E-state index contributed by atoms with van der Waals surface area (Å²) in [6.45, 7) is 0. The lowest BCUT2D eigenvalue weighted by Crippen LogP contribution is -2.44. The Balaban J connectivity index is 1.97. The highest BCUT2D eigenvalue weighted by molar-refractivity contribution is 5.91. The van der Waals surface area contributed by atoms with E-state index in [0.29, 0.717) is 25.7 Å². The van der Waals surface area contributed by atoms with Crippen LogP contribution in [0.2, 0.25) is 0 Å². The Bertz CT molecular complexity index is 786. The minimum absolute atomic E-state index is 0.00166. The molecule has 1 aliphatic heterocycles. The molecule has 1 fully saturated rings. The van der Waals surface area contributed by atoms with Crippen LogP contribution in [0.1, 0.15) is 31.2 Å². The molecule has 0 aliphatic carbocycles. The summed E-state index contributed by atoms with van der Waals surface area (Å²) in [7, 11) is 1.65. The van der Waals surface area contributed by atoms with Gasteiger partial charge in [-0.15, -0.1) is 0 Å². The summed E-state index contributed by atoms with van der Waals surface area (Å²) >= 11 is 0. The Morgan fingerprint density at radius 3 is 2.62 bits per heavy atom. The van der Waals surface area contributed by atoms with Crippen LogP contribution in [0.4, 0.5) is 0 Å². The third-order valence-corrected chi connectivity index (χ3v) is 4.78. The van der Waals surface area contributed by atoms with Crippen molar-refractivity contribution >= 4 is 22.6 Å². The topological polar surface area (TPSA) is 75.6 Å². The Hall–Kier alpha value is -2.56. The van der Waals surface area contributed by atoms with Gasteiger partial charge in [-0.1, -0.05) is 30.3 Å². The number of carbonyl (C=O) groups is 2. The van der Waals surface area contributed by atoms with Crippen molar-refractivity contribution in [2.24, 2.45) is 0 Å². The van der Waals surface area contributed by atoms with Crippen molar-refractivity contribution in [3.8, 4) is 5.75 Å². The fourth-order valence-corrected chi connectivity index (χ4v) is 3.56. The predicted octanol–water partition coefficient (Wildman–Crippen LogP) is 2.90. The third kappa shape index (κ3) is 3.20. The van der Waals surface area contributed by atoms with Crippen molar-refractivity contribution in [1.29, 1.82) is 0 Å². The van der Waals surface area contributed by atoms with E-state index in [2.05, 4.69) is 5.32 Å². The fourth-order valence-electron chi connectivity index (χ4n) is 3.56. The minimum Gasteiger partial charge on any atom is -0.496 e. The number of fused-ring (bicyclic) bond motifs is 1. The van der Waals surface area contributed by atoms with Gasteiger partial charge in [0.2, 0.25) is 5.91 Å². The molecule has 0 radical (unpaired) electrons. The Kier molecular flexibility index (Phi) is 4.42. The molecular formula is C19H21NO4. The van der Waals surface area contributed by atoms with Gasteiger partial charge in [0.25, 0.3) is 0 Å². The molecule has 1 heterocycles. The van der Waals surface area contributed by atoms with Gasteiger partial charge in [0.05, 0.1) is 7.11 Å². The Labute approximate surface area is 140 Å². The lowest BCUT2D eigenvalue weighted by atomic mass is 9.83. The van der Waals surface area contributed by atoms with Crippen LogP contribution in [0.15, 0.2) is 36.4 Å². The van der Waals surface area contributed by atoms with Gasteiger partial charge < -0.3 is 15.2 Å². The molecular weight excluding hydrogens is 306 g/mol. The number of nitrogens with one attached hydrogen (secondary N) is 1. The van der Waals surface area contributed by atoms with Crippen molar-refractivity contribution in [2.75, 3.05) is 7.11 Å². The van der Waals surface area contributed by atoms with Gasteiger partial charge >= 0.3 is 5.97 Å². The normalized spacial score (nSPS) is 20.1. The first-order valence-electron chi connectivity index (χ1n) is 8.10. The minimum atomic E-state index is -0.838. The van der Waals surface area contributed by atoms with Gasteiger partial charge in [-0.3, -0.25) is 9.59 Å². The monoisotopic (exact) mass is 327 g/mol. The van der Waals surface area contributed by atoms with Crippen molar-refractivity contribution in [2.45, 2.75) is 37.6 Å². The van der Waals surface area contributed by atoms with Crippen LogP contribution < -0.4 is 10.1 Å². The van der Waals surface area contributed by atoms with E-state index < -0.39 is 11.5 Å². The van der Waals surface area contributed by atoms with Gasteiger partial charge in [-0.25, -0.2) is 0 Å². The number of carbonyl (C=O) groups excluding carboxylic acids is 1. The van der Waals surface area contributed by atoms with Crippen molar-refractivity contribution < 1.29 is 19.4 Å². The summed E-state index contributed by atoms with van der Waals surface area (Å²) in [5.74, 6) is -0.0299. The summed E-state index contributed by atoms with van der Waals surface area (Å²) in [6, 6.07) is 11.9. The second-order valence-electron chi connectivity index (χ2n) is 6.37. The molecule has 1 amide bonds. The SMILES string of the molecule is COc1ccc(C[C@]2(CCC(=O)O)CCC(=O)N2)c2ccccc12. The average Bonchev–Trinajstić information content (AvgIpc) is 2.95. The second kappa shape index (κ2) is 6.51. The quantitative estimate of drug-likeness (QED) is 0.855. The maximum Gasteiger partial charge on any atom is 0.303 e. The Morgan fingerprint density at radius 1 is 1.25 bits per heavy atom.